The number of unbranched alkanes of at least 4 members (excludes halogenated alkanes) is 20. The van der Waals surface area contributed by atoms with Gasteiger partial charge in [-0.05, 0) is 70.6 Å². The number of rotatable bonds is 45. The summed E-state index contributed by atoms with van der Waals surface area (Å²) < 4.78 is 22.9. The number of hydrogen-bond acceptors (Lipinski definition) is 9. The Hall–Kier alpha value is -2.63. The molecule has 0 aliphatic carbocycles. The van der Waals surface area contributed by atoms with E-state index in [0.29, 0.717) is 13.0 Å². The Balaban J connectivity index is 2.22. The predicted octanol–water partition coefficient (Wildman–Crippen LogP) is 13.4. The van der Waals surface area contributed by atoms with Gasteiger partial charge in [-0.25, -0.2) is 0 Å². The Morgan fingerprint density at radius 1 is 0.500 bits per heavy atom. The molecule has 0 amide bonds. The standard InChI is InChI=1S/C57H98O9/c1-3-5-7-9-11-13-15-17-19-21-22-23-24-25-26-27-28-29-31-33-35-37-39-41-43-45-47-63-49-51(50-64-57-56(62)55(61)54(60)52(48-58)66-57)65-53(59)46-44-42-40-38-36-34-32-30-20-18-16-14-12-10-8-6-4-2/h5,7,11,13,17,19,22-23,25-26,28-29,33,35,51-52,54-58,60-62H,3-4,6,8-10,12,14-16,18,20-21,24,27,30-32,34,36-50H2,1-2H3/b7-5-,13-11-,19-17-,23-22-,26-25-,29-28-,35-33-. The summed E-state index contributed by atoms with van der Waals surface area (Å²) in [6.07, 6.45) is 57.6. The van der Waals surface area contributed by atoms with E-state index in [4.69, 9.17) is 18.9 Å². The summed E-state index contributed by atoms with van der Waals surface area (Å²) in [4.78, 5) is 12.8. The molecular weight excluding hydrogens is 829 g/mol. The predicted molar refractivity (Wildman–Crippen MR) is 274 cm³/mol. The molecular formula is C57H98O9. The minimum absolute atomic E-state index is 0.125. The van der Waals surface area contributed by atoms with Crippen LogP contribution in [0.3, 0.4) is 0 Å². The first kappa shape index (κ1) is 61.4. The molecule has 9 heteroatoms. The number of aliphatic hydroxyl groups is 4. The maximum absolute atomic E-state index is 12.8. The molecule has 0 aromatic heterocycles. The fraction of sp³-hybridized carbons (Fsp3) is 0.737. The van der Waals surface area contributed by atoms with E-state index in [1.54, 1.807) is 0 Å². The smallest absolute Gasteiger partial charge is 0.306 e. The summed E-state index contributed by atoms with van der Waals surface area (Å²) in [5.41, 5.74) is 0. The van der Waals surface area contributed by atoms with Crippen LogP contribution in [0.4, 0.5) is 0 Å². The SMILES string of the molecule is CC/C=C\C/C=C\C/C=C\C/C=C\C/C=C\C/C=C\C/C=C\CCCCCCOCC(COC1OC(CO)C(O)C(O)C1O)OC(=O)CCCCCCCCCCCCCCCCCCC. The first-order valence-electron chi connectivity index (χ1n) is 26.7. The third-order valence-corrected chi connectivity index (χ3v) is 11.8. The summed E-state index contributed by atoms with van der Waals surface area (Å²) >= 11 is 0. The Morgan fingerprint density at radius 2 is 0.924 bits per heavy atom. The number of carbonyl (C=O) groups is 1. The van der Waals surface area contributed by atoms with Crippen molar-refractivity contribution in [1.29, 1.82) is 0 Å². The van der Waals surface area contributed by atoms with Gasteiger partial charge in [-0.2, -0.15) is 0 Å². The van der Waals surface area contributed by atoms with Gasteiger partial charge in [0, 0.05) is 13.0 Å². The van der Waals surface area contributed by atoms with Gasteiger partial charge in [0.2, 0.25) is 0 Å². The minimum atomic E-state index is -1.55. The number of esters is 1. The van der Waals surface area contributed by atoms with Crippen LogP contribution >= 0.6 is 0 Å². The Bertz CT molecular complexity index is 1280. The molecule has 6 atom stereocenters. The highest BCUT2D eigenvalue weighted by molar-refractivity contribution is 5.69. The largest absolute Gasteiger partial charge is 0.457 e. The molecule has 1 aliphatic rings. The van der Waals surface area contributed by atoms with Crippen LogP contribution in [0.25, 0.3) is 0 Å². The van der Waals surface area contributed by atoms with Gasteiger partial charge < -0.3 is 39.4 Å². The summed E-state index contributed by atoms with van der Waals surface area (Å²) in [6, 6.07) is 0. The number of hydrogen-bond donors (Lipinski definition) is 4. The molecule has 1 aliphatic heterocycles. The second-order valence-corrected chi connectivity index (χ2v) is 17.9. The second-order valence-electron chi connectivity index (χ2n) is 17.9. The lowest BCUT2D eigenvalue weighted by atomic mass is 9.99. The molecule has 9 nitrogen and oxygen atoms in total. The first-order chi connectivity index (χ1) is 32.4. The number of allylic oxidation sites excluding steroid dienone is 14. The third kappa shape index (κ3) is 37.4. The molecule has 1 heterocycles. The van der Waals surface area contributed by atoms with Crippen LogP contribution in [0.2, 0.25) is 0 Å². The maximum atomic E-state index is 12.8. The lowest BCUT2D eigenvalue weighted by Gasteiger charge is -2.39. The average molecular weight is 927 g/mol. The van der Waals surface area contributed by atoms with Gasteiger partial charge in [0.25, 0.3) is 0 Å². The van der Waals surface area contributed by atoms with Gasteiger partial charge in [0.1, 0.15) is 30.5 Å². The quantitative estimate of drug-likeness (QED) is 0.0267. The highest BCUT2D eigenvalue weighted by atomic mass is 16.7. The fourth-order valence-electron chi connectivity index (χ4n) is 7.71. The van der Waals surface area contributed by atoms with E-state index in [1.165, 1.54) is 89.9 Å². The number of ether oxygens (including phenoxy) is 4. The molecule has 1 saturated heterocycles. The summed E-state index contributed by atoms with van der Waals surface area (Å²) in [7, 11) is 0. The molecule has 0 aromatic carbocycles. The topological polar surface area (TPSA) is 135 Å². The van der Waals surface area contributed by atoms with Crippen LogP contribution in [0.5, 0.6) is 0 Å². The van der Waals surface area contributed by atoms with Crippen molar-refractivity contribution in [2.75, 3.05) is 26.4 Å². The zero-order valence-corrected chi connectivity index (χ0v) is 41.9. The highest BCUT2D eigenvalue weighted by Crippen LogP contribution is 2.23. The average Bonchev–Trinajstić information content (AvgIpc) is 3.32. The van der Waals surface area contributed by atoms with Crippen molar-refractivity contribution in [2.24, 2.45) is 0 Å². The molecule has 0 aromatic rings. The van der Waals surface area contributed by atoms with Gasteiger partial charge >= 0.3 is 5.97 Å². The van der Waals surface area contributed by atoms with E-state index >= 15 is 0 Å². The van der Waals surface area contributed by atoms with Gasteiger partial charge in [-0.3, -0.25) is 4.79 Å². The second kappa shape index (κ2) is 47.4. The van der Waals surface area contributed by atoms with E-state index in [0.717, 1.165) is 96.3 Å². The van der Waals surface area contributed by atoms with Crippen LogP contribution in [-0.2, 0) is 23.7 Å². The molecule has 4 N–H and O–H groups in total. The zero-order chi connectivity index (χ0) is 47.8. The molecule has 1 rings (SSSR count). The highest BCUT2D eigenvalue weighted by Gasteiger charge is 2.44. The number of carbonyl (C=O) groups excluding carboxylic acids is 1. The molecule has 66 heavy (non-hydrogen) atoms. The lowest BCUT2D eigenvalue weighted by molar-refractivity contribution is -0.305. The molecule has 0 saturated carbocycles. The van der Waals surface area contributed by atoms with E-state index in [-0.39, 0.29) is 19.2 Å². The summed E-state index contributed by atoms with van der Waals surface area (Å²) in [5, 5.41) is 40.3. The fourth-order valence-corrected chi connectivity index (χ4v) is 7.71. The van der Waals surface area contributed by atoms with Crippen molar-refractivity contribution in [3.8, 4) is 0 Å². The van der Waals surface area contributed by atoms with Crippen molar-refractivity contribution >= 4 is 5.97 Å². The van der Waals surface area contributed by atoms with E-state index < -0.39 is 43.4 Å². The summed E-state index contributed by atoms with van der Waals surface area (Å²) in [6.45, 7) is 4.39. The van der Waals surface area contributed by atoms with Crippen LogP contribution in [0, 0.1) is 0 Å². The van der Waals surface area contributed by atoms with Gasteiger partial charge in [-0.1, -0.05) is 214 Å². The third-order valence-electron chi connectivity index (χ3n) is 11.8. The zero-order valence-electron chi connectivity index (χ0n) is 41.9. The van der Waals surface area contributed by atoms with Crippen LogP contribution < -0.4 is 0 Å². The van der Waals surface area contributed by atoms with E-state index in [1.807, 2.05) is 0 Å². The molecule has 0 bridgehead atoms. The van der Waals surface area contributed by atoms with Crippen LogP contribution in [0.1, 0.15) is 206 Å². The van der Waals surface area contributed by atoms with Crippen molar-refractivity contribution in [2.45, 2.75) is 243 Å². The van der Waals surface area contributed by atoms with Crippen molar-refractivity contribution in [1.82, 2.24) is 0 Å². The van der Waals surface area contributed by atoms with Gasteiger partial charge in [0.15, 0.2) is 6.29 Å². The van der Waals surface area contributed by atoms with Crippen molar-refractivity contribution in [3.63, 3.8) is 0 Å². The van der Waals surface area contributed by atoms with Crippen LogP contribution in [0.15, 0.2) is 85.1 Å². The molecule has 380 valence electrons. The molecule has 0 radical (unpaired) electrons. The van der Waals surface area contributed by atoms with Gasteiger partial charge in [0.05, 0.1) is 19.8 Å². The van der Waals surface area contributed by atoms with E-state index in [9.17, 15) is 25.2 Å². The van der Waals surface area contributed by atoms with Crippen molar-refractivity contribution < 1.29 is 44.2 Å². The lowest BCUT2D eigenvalue weighted by Crippen LogP contribution is -2.59. The molecule has 6 unspecified atom stereocenters. The van der Waals surface area contributed by atoms with Gasteiger partial charge in [-0.15, -0.1) is 0 Å². The summed E-state index contributed by atoms with van der Waals surface area (Å²) in [5.74, 6) is -0.323. The molecule has 0 spiro atoms. The maximum Gasteiger partial charge on any atom is 0.306 e. The van der Waals surface area contributed by atoms with E-state index in [2.05, 4.69) is 98.9 Å². The Labute approximate surface area is 403 Å². The molecule has 1 fully saturated rings. The van der Waals surface area contributed by atoms with Crippen molar-refractivity contribution in [3.05, 3.63) is 85.1 Å². The number of aliphatic hydroxyl groups excluding tert-OH is 4. The monoisotopic (exact) mass is 927 g/mol. The normalized spacial score (nSPS) is 20.0. The Morgan fingerprint density at radius 3 is 1.39 bits per heavy atom. The van der Waals surface area contributed by atoms with Crippen LogP contribution in [-0.4, -0.2) is 89.6 Å². The minimum Gasteiger partial charge on any atom is -0.457 e. The first-order valence-corrected chi connectivity index (χ1v) is 26.7. The Kier molecular flexibility index (Phi) is 44.1.